The molecule has 0 aliphatic heterocycles. The van der Waals surface area contributed by atoms with Crippen molar-refractivity contribution in [2.75, 3.05) is 0 Å². The fourth-order valence-corrected chi connectivity index (χ4v) is 1.90. The first-order valence-corrected chi connectivity index (χ1v) is 6.53. The van der Waals surface area contributed by atoms with Gasteiger partial charge in [0.2, 0.25) is 0 Å². The van der Waals surface area contributed by atoms with Crippen molar-refractivity contribution >= 4 is 11.6 Å². The van der Waals surface area contributed by atoms with E-state index in [1.54, 1.807) is 24.3 Å². The Bertz CT molecular complexity index is 681. The van der Waals surface area contributed by atoms with Gasteiger partial charge in [-0.05, 0) is 35.4 Å². The van der Waals surface area contributed by atoms with Crippen LogP contribution in [0.5, 0.6) is 11.5 Å². The summed E-state index contributed by atoms with van der Waals surface area (Å²) in [5, 5.41) is 17.7. The van der Waals surface area contributed by atoms with Gasteiger partial charge in [0.15, 0.2) is 0 Å². The van der Waals surface area contributed by atoms with Crippen molar-refractivity contribution in [3.05, 3.63) is 59.2 Å². The van der Waals surface area contributed by atoms with Gasteiger partial charge in [-0.25, -0.2) is 0 Å². The number of rotatable bonds is 4. The number of nitrogens with zero attached hydrogens (tertiary/aromatic N) is 2. The fraction of sp³-hybridized carbons (Fsp3) is 0.125. The van der Waals surface area contributed by atoms with Crippen LogP contribution in [0.15, 0.2) is 42.5 Å². The average molecular weight is 283 g/mol. The van der Waals surface area contributed by atoms with Gasteiger partial charge in [-0.3, -0.25) is 0 Å². The summed E-state index contributed by atoms with van der Waals surface area (Å²) in [4.78, 5) is 0. The zero-order valence-electron chi connectivity index (χ0n) is 10.6. The molecule has 0 heterocycles. The van der Waals surface area contributed by atoms with Crippen LogP contribution in [-0.2, 0) is 12.3 Å². The monoisotopic (exact) mass is 282 g/mol. The Balaban J connectivity index is 2.22. The van der Waals surface area contributed by atoms with Crippen LogP contribution in [-0.4, -0.2) is 0 Å². The topological polar surface area (TPSA) is 56.8 Å². The van der Waals surface area contributed by atoms with Crippen LogP contribution < -0.4 is 4.74 Å². The first-order chi connectivity index (χ1) is 9.76. The van der Waals surface area contributed by atoms with Crippen LogP contribution in [0.25, 0.3) is 0 Å². The molecule has 4 heteroatoms. The minimum absolute atomic E-state index is 0.359. The molecule has 2 aromatic carbocycles. The summed E-state index contributed by atoms with van der Waals surface area (Å²) in [6.45, 7) is 0. The third kappa shape index (κ3) is 3.29. The molecule has 2 rings (SSSR count). The number of halogens is 1. The number of nitriles is 2. The maximum Gasteiger partial charge on any atom is 0.145 e. The molecule has 0 aliphatic rings. The van der Waals surface area contributed by atoms with Gasteiger partial charge in [0, 0.05) is 5.88 Å². The highest BCUT2D eigenvalue weighted by Gasteiger charge is 2.06. The van der Waals surface area contributed by atoms with Gasteiger partial charge in [0.05, 0.1) is 18.1 Å². The lowest BCUT2D eigenvalue weighted by Crippen LogP contribution is -1.90. The highest BCUT2D eigenvalue weighted by Crippen LogP contribution is 2.26. The van der Waals surface area contributed by atoms with Gasteiger partial charge in [0.1, 0.15) is 17.6 Å². The van der Waals surface area contributed by atoms with Crippen molar-refractivity contribution in [1.82, 2.24) is 0 Å². The molecule has 3 nitrogen and oxygen atoms in total. The summed E-state index contributed by atoms with van der Waals surface area (Å²) >= 11 is 5.74. The van der Waals surface area contributed by atoms with Crippen LogP contribution in [0.3, 0.4) is 0 Å². The maximum absolute atomic E-state index is 9.12. The van der Waals surface area contributed by atoms with Crippen molar-refractivity contribution < 1.29 is 4.74 Å². The molecule has 0 aliphatic carbocycles. The van der Waals surface area contributed by atoms with Crippen molar-refractivity contribution in [3.63, 3.8) is 0 Å². The number of hydrogen-bond donors (Lipinski definition) is 0. The predicted octanol–water partition coefficient (Wildman–Crippen LogP) is 4.16. The first kappa shape index (κ1) is 13.9. The molecule has 0 atom stereocenters. The lowest BCUT2D eigenvalue weighted by Gasteiger charge is -2.08. The molecule has 0 saturated heterocycles. The molecule has 0 radical (unpaired) electrons. The second kappa shape index (κ2) is 6.61. The van der Waals surface area contributed by atoms with E-state index in [0.717, 1.165) is 11.1 Å². The summed E-state index contributed by atoms with van der Waals surface area (Å²) in [5.41, 5.74) is 2.25. The van der Waals surface area contributed by atoms with E-state index in [4.69, 9.17) is 26.9 Å². The molecule has 0 amide bonds. The van der Waals surface area contributed by atoms with Gasteiger partial charge in [-0.1, -0.05) is 18.2 Å². The lowest BCUT2D eigenvalue weighted by molar-refractivity contribution is 0.481. The van der Waals surface area contributed by atoms with E-state index in [2.05, 4.69) is 12.1 Å². The standard InChI is InChI=1S/C16H11ClN2O/c17-10-13-3-6-16(14(9-13)11-19)20-15-4-1-12(2-5-15)7-8-18/h1-6,9H,7,10H2. The molecule has 0 saturated carbocycles. The average Bonchev–Trinajstić information content (AvgIpc) is 2.50. The highest BCUT2D eigenvalue weighted by molar-refractivity contribution is 6.17. The Kier molecular flexibility index (Phi) is 4.60. The van der Waals surface area contributed by atoms with Crippen LogP contribution >= 0.6 is 11.6 Å². The van der Waals surface area contributed by atoms with Crippen molar-refractivity contribution in [3.8, 4) is 23.6 Å². The van der Waals surface area contributed by atoms with Crippen molar-refractivity contribution in [2.24, 2.45) is 0 Å². The van der Waals surface area contributed by atoms with E-state index in [1.807, 2.05) is 18.2 Å². The van der Waals surface area contributed by atoms with Crippen LogP contribution in [0.1, 0.15) is 16.7 Å². The SMILES string of the molecule is N#CCc1ccc(Oc2ccc(CCl)cc2C#N)cc1. The van der Waals surface area contributed by atoms with E-state index >= 15 is 0 Å². The van der Waals surface area contributed by atoms with Crippen molar-refractivity contribution in [2.45, 2.75) is 12.3 Å². The first-order valence-electron chi connectivity index (χ1n) is 5.99. The van der Waals surface area contributed by atoms with Gasteiger partial charge in [-0.2, -0.15) is 10.5 Å². The third-order valence-electron chi connectivity index (χ3n) is 2.75. The summed E-state index contributed by atoms with van der Waals surface area (Å²) < 4.78 is 5.68. The smallest absolute Gasteiger partial charge is 0.145 e. The van der Waals surface area contributed by atoms with E-state index < -0.39 is 0 Å². The van der Waals surface area contributed by atoms with E-state index in [0.29, 0.717) is 29.4 Å². The number of hydrogen-bond acceptors (Lipinski definition) is 3. The zero-order valence-corrected chi connectivity index (χ0v) is 11.4. The molecule has 98 valence electrons. The van der Waals surface area contributed by atoms with Gasteiger partial charge in [0.25, 0.3) is 0 Å². The molecule has 2 aromatic rings. The van der Waals surface area contributed by atoms with Gasteiger partial charge >= 0.3 is 0 Å². The summed E-state index contributed by atoms with van der Waals surface area (Å²) in [7, 11) is 0. The van der Waals surface area contributed by atoms with Gasteiger partial charge < -0.3 is 4.74 Å². The number of ether oxygens (including phenoxy) is 1. The van der Waals surface area contributed by atoms with Crippen LogP contribution in [0.4, 0.5) is 0 Å². The van der Waals surface area contributed by atoms with Crippen molar-refractivity contribution in [1.29, 1.82) is 10.5 Å². The molecule has 0 spiro atoms. The fourth-order valence-electron chi connectivity index (χ4n) is 1.73. The summed E-state index contributed by atoms with van der Waals surface area (Å²) in [5.74, 6) is 1.48. The zero-order chi connectivity index (χ0) is 14.4. The molecule has 20 heavy (non-hydrogen) atoms. The number of alkyl halides is 1. The minimum Gasteiger partial charge on any atom is -0.456 e. The van der Waals surface area contributed by atoms with Gasteiger partial charge in [-0.15, -0.1) is 11.6 Å². The Hall–Kier alpha value is -2.49. The lowest BCUT2D eigenvalue weighted by atomic mass is 10.1. The van der Waals surface area contributed by atoms with E-state index in [9.17, 15) is 0 Å². The van der Waals surface area contributed by atoms with E-state index in [-0.39, 0.29) is 0 Å². The molecule has 0 N–H and O–H groups in total. The summed E-state index contributed by atoms with van der Waals surface area (Å²) in [6, 6.07) is 16.7. The summed E-state index contributed by atoms with van der Waals surface area (Å²) in [6.07, 6.45) is 0.369. The second-order valence-corrected chi connectivity index (χ2v) is 4.42. The molecule has 0 aromatic heterocycles. The molecular weight excluding hydrogens is 272 g/mol. The molecule has 0 fully saturated rings. The predicted molar refractivity (Wildman–Crippen MR) is 76.5 cm³/mol. The largest absolute Gasteiger partial charge is 0.456 e. The third-order valence-corrected chi connectivity index (χ3v) is 3.06. The Labute approximate surface area is 122 Å². The minimum atomic E-state index is 0.359. The molecular formula is C16H11ClN2O. The molecule has 0 bridgehead atoms. The van der Waals surface area contributed by atoms with E-state index in [1.165, 1.54) is 0 Å². The normalized spacial score (nSPS) is 9.55. The maximum atomic E-state index is 9.12. The molecule has 0 unspecified atom stereocenters. The number of benzene rings is 2. The highest BCUT2D eigenvalue weighted by atomic mass is 35.5. The quantitative estimate of drug-likeness (QED) is 0.791. The Morgan fingerprint density at radius 1 is 1.00 bits per heavy atom. The second-order valence-electron chi connectivity index (χ2n) is 4.16. The Morgan fingerprint density at radius 2 is 1.70 bits per heavy atom. The van der Waals surface area contributed by atoms with Crippen LogP contribution in [0.2, 0.25) is 0 Å². The van der Waals surface area contributed by atoms with Crippen LogP contribution in [0, 0.1) is 22.7 Å². The Morgan fingerprint density at radius 3 is 2.30 bits per heavy atom.